The average molecular weight is 283 g/mol. The fourth-order valence-corrected chi connectivity index (χ4v) is 3.59. The van der Waals surface area contributed by atoms with E-state index in [1.165, 1.54) is 18.3 Å². The molecule has 0 bridgehead atoms. The minimum absolute atomic E-state index is 0.0388. The molecule has 0 spiro atoms. The third kappa shape index (κ3) is 3.89. The number of Topliss-reactive ketones (excluding diaryl/α,β-unsaturated/α-hetero) is 1. The Bertz CT molecular complexity index is 462. The van der Waals surface area contributed by atoms with Gasteiger partial charge in [0.05, 0.1) is 5.69 Å². The Morgan fingerprint density at radius 3 is 2.12 bits per heavy atom. The summed E-state index contributed by atoms with van der Waals surface area (Å²) in [6.45, 7) is 0. The Hall–Kier alpha value is -0.750. The molecule has 17 heavy (non-hydrogen) atoms. The van der Waals surface area contributed by atoms with Gasteiger partial charge in [-0.05, 0) is 12.1 Å². The van der Waals surface area contributed by atoms with E-state index in [1.54, 1.807) is 0 Å². The molecule has 0 aliphatic carbocycles. The molecule has 1 aromatic rings. The number of rotatable bonds is 5. The largest absolute Gasteiger partial charge is 0.359 e. The number of aromatic amines is 1. The van der Waals surface area contributed by atoms with Crippen molar-refractivity contribution in [2.75, 3.05) is 0 Å². The summed E-state index contributed by atoms with van der Waals surface area (Å²) in [5.74, 6) is -0.772. The minimum atomic E-state index is -5.05. The van der Waals surface area contributed by atoms with Gasteiger partial charge in [-0.25, -0.2) is 0 Å². The average Bonchev–Trinajstić information content (AvgIpc) is 2.62. The molecule has 1 aromatic heterocycles. The highest BCUT2D eigenvalue weighted by molar-refractivity contribution is 7.70. The summed E-state index contributed by atoms with van der Waals surface area (Å²) in [4.78, 5) is 49.2. The predicted molar refractivity (Wildman–Crippen MR) is 57.6 cm³/mol. The molecule has 0 atom stereocenters. The highest BCUT2D eigenvalue weighted by atomic mass is 31.2. The SMILES string of the molecule is O=C(CC(P(=O)(O)O)P(=O)(O)O)c1ccc[nH]1. The lowest BCUT2D eigenvalue weighted by Gasteiger charge is -2.18. The zero-order valence-electron chi connectivity index (χ0n) is 8.42. The molecule has 0 amide bonds. The van der Waals surface area contributed by atoms with Gasteiger partial charge in [0, 0.05) is 12.6 Å². The van der Waals surface area contributed by atoms with Crippen LogP contribution in [0.1, 0.15) is 16.9 Å². The van der Waals surface area contributed by atoms with Gasteiger partial charge in [-0.2, -0.15) is 0 Å². The Balaban J connectivity index is 2.93. The number of H-pyrrole nitrogens is 1. The van der Waals surface area contributed by atoms with Crippen LogP contribution in [0.25, 0.3) is 0 Å². The van der Waals surface area contributed by atoms with Crippen LogP contribution >= 0.6 is 15.2 Å². The van der Waals surface area contributed by atoms with Gasteiger partial charge in [-0.1, -0.05) is 0 Å². The van der Waals surface area contributed by atoms with Crippen LogP contribution in [0.2, 0.25) is 0 Å². The van der Waals surface area contributed by atoms with Crippen molar-refractivity contribution >= 4 is 21.0 Å². The molecule has 5 N–H and O–H groups in total. The molecule has 0 aliphatic rings. The predicted octanol–water partition coefficient (Wildman–Crippen LogP) is 0.269. The van der Waals surface area contributed by atoms with Crippen LogP contribution in [0.5, 0.6) is 0 Å². The first-order chi connectivity index (χ1) is 7.62. The van der Waals surface area contributed by atoms with Gasteiger partial charge in [0.15, 0.2) is 11.2 Å². The first-order valence-corrected chi connectivity index (χ1v) is 7.75. The zero-order chi connectivity index (χ0) is 13.3. The summed E-state index contributed by atoms with van der Waals surface area (Å²) in [5, 5.41) is -2.30. The third-order valence-corrected chi connectivity index (χ3v) is 5.77. The highest BCUT2D eigenvalue weighted by Gasteiger charge is 2.44. The molecule has 0 radical (unpaired) electrons. The second-order valence-corrected chi connectivity index (χ2v) is 7.38. The minimum Gasteiger partial charge on any atom is -0.359 e. The number of aromatic nitrogens is 1. The van der Waals surface area contributed by atoms with E-state index in [4.69, 9.17) is 19.6 Å². The molecule has 0 aromatic carbocycles. The topological polar surface area (TPSA) is 148 Å². The molecular formula is C7H11NO7P2. The van der Waals surface area contributed by atoms with Gasteiger partial charge < -0.3 is 24.6 Å². The normalized spacial score (nSPS) is 13.0. The second kappa shape index (κ2) is 4.86. The monoisotopic (exact) mass is 283 g/mol. The summed E-state index contributed by atoms with van der Waals surface area (Å²) in [7, 11) is -10.1. The summed E-state index contributed by atoms with van der Waals surface area (Å²) >= 11 is 0. The maximum atomic E-state index is 11.5. The van der Waals surface area contributed by atoms with Gasteiger partial charge in [-0.3, -0.25) is 13.9 Å². The lowest BCUT2D eigenvalue weighted by molar-refractivity contribution is 0.0976. The van der Waals surface area contributed by atoms with Crippen LogP contribution in [0.15, 0.2) is 18.3 Å². The van der Waals surface area contributed by atoms with Crippen molar-refractivity contribution in [3.05, 3.63) is 24.0 Å². The molecule has 0 unspecified atom stereocenters. The maximum absolute atomic E-state index is 11.5. The smallest absolute Gasteiger partial charge is 0.341 e. The fraction of sp³-hybridized carbons (Fsp3) is 0.286. The van der Waals surface area contributed by atoms with E-state index in [0.717, 1.165) is 0 Å². The Labute approximate surface area is 96.0 Å². The van der Waals surface area contributed by atoms with Gasteiger partial charge in [0.25, 0.3) is 0 Å². The van der Waals surface area contributed by atoms with Gasteiger partial charge in [0.2, 0.25) is 0 Å². The zero-order valence-corrected chi connectivity index (χ0v) is 10.2. The quantitative estimate of drug-likeness (QED) is 0.384. The van der Waals surface area contributed by atoms with E-state index in [9.17, 15) is 13.9 Å². The number of carbonyl (C=O) groups is 1. The van der Waals surface area contributed by atoms with E-state index in [-0.39, 0.29) is 5.69 Å². The molecular weight excluding hydrogens is 272 g/mol. The highest BCUT2D eigenvalue weighted by Crippen LogP contribution is 2.61. The van der Waals surface area contributed by atoms with Crippen molar-refractivity contribution in [3.8, 4) is 0 Å². The molecule has 0 saturated heterocycles. The molecule has 0 saturated carbocycles. The number of ketones is 1. The summed E-state index contributed by atoms with van der Waals surface area (Å²) in [6, 6.07) is 2.83. The molecule has 0 fully saturated rings. The van der Waals surface area contributed by atoms with Gasteiger partial charge in [0.1, 0.15) is 0 Å². The van der Waals surface area contributed by atoms with Crippen molar-refractivity contribution in [2.45, 2.75) is 11.8 Å². The molecule has 10 heteroatoms. The van der Waals surface area contributed by atoms with E-state index in [0.29, 0.717) is 0 Å². The maximum Gasteiger partial charge on any atom is 0.341 e. The van der Waals surface area contributed by atoms with Crippen LogP contribution in [0, 0.1) is 0 Å². The van der Waals surface area contributed by atoms with E-state index >= 15 is 0 Å². The lowest BCUT2D eigenvalue weighted by Crippen LogP contribution is -2.15. The number of hydrogen-bond acceptors (Lipinski definition) is 3. The summed E-state index contributed by atoms with van der Waals surface area (Å²) in [5.41, 5.74) is 0.0388. The van der Waals surface area contributed by atoms with E-state index in [1.807, 2.05) is 0 Å². The van der Waals surface area contributed by atoms with Crippen molar-refractivity contribution in [1.82, 2.24) is 4.98 Å². The number of hydrogen-bond donors (Lipinski definition) is 5. The summed E-state index contributed by atoms with van der Waals surface area (Å²) in [6.07, 6.45) is 0.492. The van der Waals surface area contributed by atoms with Crippen molar-refractivity contribution in [1.29, 1.82) is 0 Å². The fourth-order valence-electron chi connectivity index (χ4n) is 1.21. The van der Waals surface area contributed by atoms with Crippen LogP contribution < -0.4 is 0 Å². The Morgan fingerprint density at radius 2 is 1.76 bits per heavy atom. The van der Waals surface area contributed by atoms with E-state index in [2.05, 4.69) is 4.98 Å². The van der Waals surface area contributed by atoms with Crippen LogP contribution in [0.3, 0.4) is 0 Å². The molecule has 0 aliphatic heterocycles. The first-order valence-electron chi connectivity index (χ1n) is 4.39. The molecule has 8 nitrogen and oxygen atoms in total. The second-order valence-electron chi connectivity index (χ2n) is 3.37. The summed E-state index contributed by atoms with van der Waals surface area (Å²) < 4.78 is 21.8. The van der Waals surface area contributed by atoms with Crippen molar-refractivity contribution in [3.63, 3.8) is 0 Å². The number of carbonyl (C=O) groups excluding carboxylic acids is 1. The molecule has 1 heterocycles. The van der Waals surface area contributed by atoms with Gasteiger partial charge >= 0.3 is 15.2 Å². The van der Waals surface area contributed by atoms with Crippen LogP contribution in [0.4, 0.5) is 0 Å². The first kappa shape index (κ1) is 14.3. The molecule has 96 valence electrons. The van der Waals surface area contributed by atoms with Crippen LogP contribution in [-0.4, -0.2) is 35.7 Å². The van der Waals surface area contributed by atoms with Crippen molar-refractivity contribution in [2.24, 2.45) is 0 Å². The Kier molecular flexibility index (Phi) is 4.09. The number of nitrogens with one attached hydrogen (secondary N) is 1. The van der Waals surface area contributed by atoms with E-state index < -0.39 is 32.8 Å². The Morgan fingerprint density at radius 1 is 1.24 bits per heavy atom. The van der Waals surface area contributed by atoms with Crippen molar-refractivity contribution < 1.29 is 33.5 Å². The lowest BCUT2D eigenvalue weighted by atomic mass is 10.2. The third-order valence-electron chi connectivity index (χ3n) is 2.04. The molecule has 1 rings (SSSR count). The van der Waals surface area contributed by atoms with Crippen LogP contribution in [-0.2, 0) is 9.13 Å². The van der Waals surface area contributed by atoms with Gasteiger partial charge in [-0.15, -0.1) is 0 Å². The standard InChI is InChI=1S/C7H11NO7P2/c9-6(5-2-1-3-8-5)4-7(16(10,11)12)17(13,14)15/h1-3,7-8H,4H2,(H2,10,11,12)(H2,13,14,15).